The van der Waals surface area contributed by atoms with Crippen LogP contribution in [0.2, 0.25) is 0 Å². The molecule has 0 aliphatic rings. The van der Waals surface area contributed by atoms with E-state index >= 15 is 0 Å². The minimum atomic E-state index is -0.900. The molecule has 0 radical (unpaired) electrons. The van der Waals surface area contributed by atoms with Crippen molar-refractivity contribution in [3.63, 3.8) is 0 Å². The van der Waals surface area contributed by atoms with E-state index in [9.17, 15) is 4.79 Å². The van der Waals surface area contributed by atoms with Crippen LogP contribution >= 0.6 is 0 Å². The van der Waals surface area contributed by atoms with Gasteiger partial charge in [-0.25, -0.2) is 0 Å². The fourth-order valence-corrected chi connectivity index (χ4v) is 0.716. The molecule has 0 heterocycles. The van der Waals surface area contributed by atoms with E-state index in [2.05, 4.69) is 0 Å². The average molecular weight is 155 g/mol. The molecule has 3 heteroatoms. The summed E-state index contributed by atoms with van der Waals surface area (Å²) in [6.07, 6.45) is 0.584. The lowest BCUT2D eigenvalue weighted by molar-refractivity contribution is -0.126. The molecule has 0 rings (SSSR count). The van der Waals surface area contributed by atoms with Gasteiger partial charge in [-0.2, -0.15) is 5.26 Å². The number of hydrogen-bond acceptors (Lipinski definition) is 3. The fourth-order valence-electron chi connectivity index (χ4n) is 0.716. The summed E-state index contributed by atoms with van der Waals surface area (Å²) in [5.74, 6) is -0.176. The van der Waals surface area contributed by atoms with Crippen molar-refractivity contribution in [2.24, 2.45) is 5.41 Å². The molecule has 1 N–H and O–H groups in total. The Bertz CT molecular complexity index is 183. The zero-order chi connectivity index (χ0) is 8.91. The van der Waals surface area contributed by atoms with Gasteiger partial charge in [-0.05, 0) is 13.3 Å². The lowest BCUT2D eigenvalue weighted by Gasteiger charge is -2.16. The van der Waals surface area contributed by atoms with Crippen LogP contribution in [0.25, 0.3) is 0 Å². The Balaban J connectivity index is 4.28. The molecule has 1 unspecified atom stereocenters. The van der Waals surface area contributed by atoms with E-state index in [1.165, 1.54) is 0 Å². The fraction of sp³-hybridized carbons (Fsp3) is 0.750. The van der Waals surface area contributed by atoms with Crippen LogP contribution in [0.3, 0.4) is 0 Å². The van der Waals surface area contributed by atoms with Gasteiger partial charge in [0.25, 0.3) is 0 Å². The minimum Gasteiger partial charge on any atom is -0.396 e. The Morgan fingerprint density at radius 1 is 1.73 bits per heavy atom. The first-order valence-electron chi connectivity index (χ1n) is 3.66. The van der Waals surface area contributed by atoms with E-state index in [1.54, 1.807) is 13.8 Å². The number of hydrogen-bond donors (Lipinski definition) is 1. The van der Waals surface area contributed by atoms with Gasteiger partial charge < -0.3 is 5.11 Å². The summed E-state index contributed by atoms with van der Waals surface area (Å²) in [7, 11) is 0. The molecule has 0 aliphatic carbocycles. The topological polar surface area (TPSA) is 61.1 Å². The summed E-state index contributed by atoms with van der Waals surface area (Å²) in [6.45, 7) is 3.22. The maximum absolute atomic E-state index is 11.1. The van der Waals surface area contributed by atoms with Crippen LogP contribution in [0.5, 0.6) is 0 Å². The third-order valence-corrected chi connectivity index (χ3v) is 1.91. The minimum absolute atomic E-state index is 0.0812. The van der Waals surface area contributed by atoms with Crippen molar-refractivity contribution < 1.29 is 9.90 Å². The molecule has 0 aromatic carbocycles. The normalized spacial score (nSPS) is 15.1. The largest absolute Gasteiger partial charge is 0.396 e. The number of Topliss-reactive ketones (excluding diaryl/α,β-unsaturated/α-hetero) is 1. The van der Waals surface area contributed by atoms with Crippen LogP contribution in [0.15, 0.2) is 0 Å². The maximum Gasteiger partial charge on any atom is 0.155 e. The lowest BCUT2D eigenvalue weighted by Crippen LogP contribution is -2.25. The Morgan fingerprint density at radius 3 is 2.55 bits per heavy atom. The van der Waals surface area contributed by atoms with Gasteiger partial charge in [-0.3, -0.25) is 4.79 Å². The van der Waals surface area contributed by atoms with E-state index in [1.807, 2.05) is 6.07 Å². The van der Waals surface area contributed by atoms with Crippen LogP contribution in [-0.2, 0) is 4.79 Å². The van der Waals surface area contributed by atoms with Crippen LogP contribution < -0.4 is 0 Å². The summed E-state index contributed by atoms with van der Waals surface area (Å²) in [5.41, 5.74) is -0.900. The molecule has 0 aromatic rings. The molecule has 1 atom stereocenters. The molecule has 0 fully saturated rings. The Morgan fingerprint density at radius 2 is 2.27 bits per heavy atom. The number of aliphatic hydroxyl groups is 1. The third kappa shape index (κ3) is 2.32. The number of ketones is 1. The van der Waals surface area contributed by atoms with Crippen molar-refractivity contribution in [1.29, 1.82) is 5.26 Å². The lowest BCUT2D eigenvalue weighted by atomic mass is 9.83. The van der Waals surface area contributed by atoms with Gasteiger partial charge >= 0.3 is 0 Å². The first-order chi connectivity index (χ1) is 5.10. The van der Waals surface area contributed by atoms with Gasteiger partial charge in [0.2, 0.25) is 0 Å². The number of carbonyl (C=O) groups is 1. The maximum atomic E-state index is 11.1. The van der Waals surface area contributed by atoms with E-state index in [0.717, 1.165) is 0 Å². The highest BCUT2D eigenvalue weighted by atomic mass is 16.3. The highest BCUT2D eigenvalue weighted by molar-refractivity contribution is 5.86. The summed E-state index contributed by atoms with van der Waals surface area (Å²) in [4.78, 5) is 11.1. The summed E-state index contributed by atoms with van der Waals surface area (Å²) in [6, 6.07) is 1.95. The number of nitriles is 1. The molecule has 0 bridgehead atoms. The first-order valence-corrected chi connectivity index (χ1v) is 3.66. The monoisotopic (exact) mass is 155 g/mol. The smallest absolute Gasteiger partial charge is 0.155 e. The van der Waals surface area contributed by atoms with Crippen molar-refractivity contribution in [1.82, 2.24) is 0 Å². The van der Waals surface area contributed by atoms with Gasteiger partial charge in [0.15, 0.2) is 5.78 Å². The Kier molecular flexibility index (Phi) is 3.77. The molecular weight excluding hydrogens is 142 g/mol. The van der Waals surface area contributed by atoms with Crippen molar-refractivity contribution in [2.75, 3.05) is 6.61 Å². The number of nitrogens with zero attached hydrogens (tertiary/aromatic N) is 1. The highest BCUT2D eigenvalue weighted by Crippen LogP contribution is 2.22. The second-order valence-corrected chi connectivity index (χ2v) is 2.69. The number of rotatable bonds is 4. The van der Waals surface area contributed by atoms with Gasteiger partial charge in [-0.1, -0.05) is 6.92 Å². The average Bonchev–Trinajstić information content (AvgIpc) is 2.03. The van der Waals surface area contributed by atoms with Crippen molar-refractivity contribution >= 4 is 5.78 Å². The molecular formula is C8H13NO2. The second-order valence-electron chi connectivity index (χ2n) is 2.69. The molecule has 62 valence electrons. The second kappa shape index (κ2) is 4.09. The Hall–Kier alpha value is -0.880. The molecule has 3 nitrogen and oxygen atoms in total. The predicted octanol–water partition coefficient (Wildman–Crippen LogP) is 0.878. The highest BCUT2D eigenvalue weighted by Gasteiger charge is 2.29. The van der Waals surface area contributed by atoms with E-state index in [4.69, 9.17) is 10.4 Å². The summed E-state index contributed by atoms with van der Waals surface area (Å²) < 4.78 is 0. The van der Waals surface area contributed by atoms with E-state index in [0.29, 0.717) is 6.42 Å². The van der Waals surface area contributed by atoms with Gasteiger partial charge in [0.1, 0.15) is 5.41 Å². The standard InChI is InChI=1S/C8H13NO2/c1-3-8(2,6-9)7(11)4-5-10/h10H,3-5H2,1-2H3. The van der Waals surface area contributed by atoms with E-state index in [-0.39, 0.29) is 18.8 Å². The molecule has 0 aromatic heterocycles. The summed E-state index contributed by atoms with van der Waals surface area (Å²) >= 11 is 0. The zero-order valence-corrected chi connectivity index (χ0v) is 6.92. The van der Waals surface area contributed by atoms with Gasteiger partial charge in [-0.15, -0.1) is 0 Å². The predicted molar refractivity (Wildman–Crippen MR) is 40.7 cm³/mol. The third-order valence-electron chi connectivity index (χ3n) is 1.91. The quantitative estimate of drug-likeness (QED) is 0.655. The summed E-state index contributed by atoms with van der Waals surface area (Å²) in [5, 5.41) is 17.1. The van der Waals surface area contributed by atoms with Crippen molar-refractivity contribution in [3.8, 4) is 6.07 Å². The van der Waals surface area contributed by atoms with Crippen LogP contribution in [0, 0.1) is 16.7 Å². The molecule has 0 amide bonds. The van der Waals surface area contributed by atoms with Crippen molar-refractivity contribution in [3.05, 3.63) is 0 Å². The van der Waals surface area contributed by atoms with Crippen molar-refractivity contribution in [2.45, 2.75) is 26.7 Å². The van der Waals surface area contributed by atoms with Crippen LogP contribution in [-0.4, -0.2) is 17.5 Å². The zero-order valence-electron chi connectivity index (χ0n) is 6.92. The van der Waals surface area contributed by atoms with Crippen LogP contribution in [0.4, 0.5) is 0 Å². The first kappa shape index (κ1) is 10.1. The van der Waals surface area contributed by atoms with E-state index < -0.39 is 5.41 Å². The molecule has 0 aliphatic heterocycles. The molecule has 0 spiro atoms. The molecule has 0 saturated carbocycles. The molecule has 11 heavy (non-hydrogen) atoms. The SMILES string of the molecule is CCC(C)(C#N)C(=O)CCO. The Labute approximate surface area is 66.6 Å². The van der Waals surface area contributed by atoms with Gasteiger partial charge in [0.05, 0.1) is 12.7 Å². The number of aliphatic hydroxyl groups excluding tert-OH is 1. The van der Waals surface area contributed by atoms with Crippen LogP contribution in [0.1, 0.15) is 26.7 Å². The van der Waals surface area contributed by atoms with Gasteiger partial charge in [0, 0.05) is 6.42 Å². The molecule has 0 saturated heterocycles. The number of carbonyl (C=O) groups excluding carboxylic acids is 1.